The van der Waals surface area contributed by atoms with Gasteiger partial charge in [0.05, 0.1) is 6.61 Å². The summed E-state index contributed by atoms with van der Waals surface area (Å²) >= 11 is 0. The summed E-state index contributed by atoms with van der Waals surface area (Å²) in [5.74, 6) is 0.207. The van der Waals surface area contributed by atoms with E-state index >= 15 is 0 Å². The predicted octanol–water partition coefficient (Wildman–Crippen LogP) is 1.70. The maximum absolute atomic E-state index is 11.4. The van der Waals surface area contributed by atoms with Crippen LogP contribution in [0.4, 0.5) is 0 Å². The van der Waals surface area contributed by atoms with Crippen LogP contribution in [0.3, 0.4) is 0 Å². The number of rotatable bonds is 4. The quantitative estimate of drug-likeness (QED) is 0.797. The van der Waals surface area contributed by atoms with Crippen molar-refractivity contribution in [1.82, 2.24) is 0 Å². The third-order valence-corrected chi connectivity index (χ3v) is 3.47. The lowest BCUT2D eigenvalue weighted by atomic mass is 9.93. The number of carbonyl (C=O) groups excluding carboxylic acids is 1. The molecule has 4 nitrogen and oxygen atoms in total. The van der Waals surface area contributed by atoms with Crippen LogP contribution in [0.2, 0.25) is 0 Å². The Morgan fingerprint density at radius 1 is 1.56 bits per heavy atom. The van der Waals surface area contributed by atoms with Gasteiger partial charge in [-0.1, -0.05) is 6.07 Å². The van der Waals surface area contributed by atoms with Crippen molar-refractivity contribution in [2.24, 2.45) is 5.73 Å². The first kappa shape index (κ1) is 12.9. The fraction of sp³-hybridized carbons (Fsp3) is 0.500. The zero-order chi connectivity index (χ0) is 13.1. The third kappa shape index (κ3) is 2.64. The molecule has 2 unspecified atom stereocenters. The first-order chi connectivity index (χ1) is 8.61. The Morgan fingerprint density at radius 3 is 3.06 bits per heavy atom. The lowest BCUT2D eigenvalue weighted by Crippen LogP contribution is -2.25. The molecule has 98 valence electrons. The van der Waals surface area contributed by atoms with Crippen molar-refractivity contribution in [2.45, 2.75) is 38.1 Å². The van der Waals surface area contributed by atoms with Gasteiger partial charge in [0.1, 0.15) is 5.75 Å². The fourth-order valence-electron chi connectivity index (χ4n) is 2.62. The highest BCUT2D eigenvalue weighted by molar-refractivity contribution is 5.69. The Kier molecular flexibility index (Phi) is 3.87. The van der Waals surface area contributed by atoms with E-state index in [2.05, 4.69) is 0 Å². The van der Waals surface area contributed by atoms with Gasteiger partial charge in [0.2, 0.25) is 0 Å². The average molecular weight is 249 g/mol. The number of nitrogens with two attached hydrogens (primary N) is 1. The maximum atomic E-state index is 11.4. The zero-order valence-electron chi connectivity index (χ0n) is 10.6. The van der Waals surface area contributed by atoms with Crippen LogP contribution >= 0.6 is 0 Å². The Morgan fingerprint density at radius 2 is 2.33 bits per heavy atom. The van der Waals surface area contributed by atoms with Crippen LogP contribution in [0, 0.1) is 0 Å². The SMILES string of the molecule is CCOC(=O)CCC1c2cc(O)ccc2CC1N. The Labute approximate surface area is 107 Å². The van der Waals surface area contributed by atoms with E-state index in [0.717, 1.165) is 12.0 Å². The maximum Gasteiger partial charge on any atom is 0.305 e. The molecule has 0 amide bonds. The van der Waals surface area contributed by atoms with Gasteiger partial charge in [0.15, 0.2) is 0 Å². The normalized spacial score (nSPS) is 21.7. The van der Waals surface area contributed by atoms with Crippen molar-refractivity contribution in [1.29, 1.82) is 0 Å². The fourth-order valence-corrected chi connectivity index (χ4v) is 2.62. The van der Waals surface area contributed by atoms with E-state index in [0.29, 0.717) is 19.4 Å². The topological polar surface area (TPSA) is 72.5 Å². The third-order valence-electron chi connectivity index (χ3n) is 3.47. The van der Waals surface area contributed by atoms with E-state index in [1.165, 1.54) is 5.56 Å². The van der Waals surface area contributed by atoms with E-state index < -0.39 is 0 Å². The van der Waals surface area contributed by atoms with Gasteiger partial charge >= 0.3 is 5.97 Å². The molecular weight excluding hydrogens is 230 g/mol. The molecule has 1 aliphatic carbocycles. The Balaban J connectivity index is 2.05. The minimum atomic E-state index is -0.182. The van der Waals surface area contributed by atoms with Crippen molar-refractivity contribution in [3.63, 3.8) is 0 Å². The van der Waals surface area contributed by atoms with Crippen molar-refractivity contribution in [3.8, 4) is 5.75 Å². The van der Waals surface area contributed by atoms with E-state index in [1.807, 2.05) is 6.07 Å². The zero-order valence-corrected chi connectivity index (χ0v) is 10.6. The molecule has 0 spiro atoms. The van der Waals surface area contributed by atoms with Gasteiger partial charge in [-0.25, -0.2) is 0 Å². The van der Waals surface area contributed by atoms with Crippen molar-refractivity contribution in [3.05, 3.63) is 29.3 Å². The molecule has 0 bridgehead atoms. The summed E-state index contributed by atoms with van der Waals surface area (Å²) in [6.07, 6.45) is 1.86. The van der Waals surface area contributed by atoms with Gasteiger partial charge in [-0.3, -0.25) is 4.79 Å². The molecule has 0 heterocycles. The molecule has 0 saturated heterocycles. The molecular formula is C14H19NO3. The van der Waals surface area contributed by atoms with E-state index in [1.54, 1.807) is 19.1 Å². The summed E-state index contributed by atoms with van der Waals surface area (Å²) in [6.45, 7) is 2.21. The lowest BCUT2D eigenvalue weighted by Gasteiger charge is -2.16. The molecule has 0 aromatic heterocycles. The standard InChI is InChI=1S/C14H19NO3/c1-2-18-14(17)6-5-11-12-8-10(16)4-3-9(12)7-13(11)15/h3-4,8,11,13,16H,2,5-7,15H2,1H3. The van der Waals surface area contributed by atoms with Gasteiger partial charge in [-0.05, 0) is 43.0 Å². The van der Waals surface area contributed by atoms with E-state index in [-0.39, 0.29) is 23.7 Å². The number of ether oxygens (including phenoxy) is 1. The number of phenols is 1. The molecule has 0 fully saturated rings. The summed E-state index contributed by atoms with van der Waals surface area (Å²) in [6, 6.07) is 5.38. The van der Waals surface area contributed by atoms with Crippen LogP contribution in [-0.2, 0) is 16.0 Å². The first-order valence-electron chi connectivity index (χ1n) is 6.34. The monoisotopic (exact) mass is 249 g/mol. The summed E-state index contributed by atoms with van der Waals surface area (Å²) < 4.78 is 4.92. The number of esters is 1. The Bertz CT molecular complexity index is 445. The molecule has 2 atom stereocenters. The van der Waals surface area contributed by atoms with Gasteiger partial charge < -0.3 is 15.6 Å². The van der Waals surface area contributed by atoms with Crippen molar-refractivity contribution in [2.75, 3.05) is 6.61 Å². The number of aromatic hydroxyl groups is 1. The van der Waals surface area contributed by atoms with Crippen LogP contribution in [0.5, 0.6) is 5.75 Å². The number of fused-ring (bicyclic) bond motifs is 1. The van der Waals surface area contributed by atoms with Crippen LogP contribution in [0.25, 0.3) is 0 Å². The summed E-state index contributed by atoms with van der Waals surface area (Å²) in [5, 5.41) is 9.53. The van der Waals surface area contributed by atoms with Crippen molar-refractivity contribution < 1.29 is 14.6 Å². The van der Waals surface area contributed by atoms with E-state index in [4.69, 9.17) is 10.5 Å². The molecule has 0 radical (unpaired) electrons. The second-order valence-corrected chi connectivity index (χ2v) is 4.70. The van der Waals surface area contributed by atoms with Gasteiger partial charge in [0, 0.05) is 18.4 Å². The largest absolute Gasteiger partial charge is 0.508 e. The minimum Gasteiger partial charge on any atom is -0.508 e. The predicted molar refractivity (Wildman–Crippen MR) is 68.4 cm³/mol. The molecule has 0 saturated carbocycles. The lowest BCUT2D eigenvalue weighted by molar-refractivity contribution is -0.143. The van der Waals surface area contributed by atoms with Crippen LogP contribution in [0.15, 0.2) is 18.2 Å². The number of hydrogen-bond donors (Lipinski definition) is 2. The summed E-state index contributed by atoms with van der Waals surface area (Å²) in [5.41, 5.74) is 8.36. The number of carbonyl (C=O) groups is 1. The number of phenolic OH excluding ortho intramolecular Hbond substituents is 1. The molecule has 18 heavy (non-hydrogen) atoms. The molecule has 1 aromatic rings. The molecule has 0 aliphatic heterocycles. The number of benzene rings is 1. The minimum absolute atomic E-state index is 0.0243. The first-order valence-corrected chi connectivity index (χ1v) is 6.34. The average Bonchev–Trinajstić information content (AvgIpc) is 2.62. The second-order valence-electron chi connectivity index (χ2n) is 4.70. The highest BCUT2D eigenvalue weighted by atomic mass is 16.5. The van der Waals surface area contributed by atoms with Crippen molar-refractivity contribution >= 4 is 5.97 Å². The molecule has 2 rings (SSSR count). The smallest absolute Gasteiger partial charge is 0.305 e. The molecule has 3 N–H and O–H groups in total. The highest BCUT2D eigenvalue weighted by Crippen LogP contribution is 2.37. The molecule has 1 aromatic carbocycles. The molecule has 1 aliphatic rings. The Hall–Kier alpha value is -1.55. The number of hydrogen-bond acceptors (Lipinski definition) is 4. The van der Waals surface area contributed by atoms with Crippen LogP contribution < -0.4 is 5.73 Å². The van der Waals surface area contributed by atoms with Gasteiger partial charge in [0.25, 0.3) is 0 Å². The summed E-state index contributed by atoms with van der Waals surface area (Å²) in [4.78, 5) is 11.4. The van der Waals surface area contributed by atoms with Crippen LogP contribution in [0.1, 0.15) is 36.8 Å². The summed E-state index contributed by atoms with van der Waals surface area (Å²) in [7, 11) is 0. The van der Waals surface area contributed by atoms with E-state index in [9.17, 15) is 9.90 Å². The van der Waals surface area contributed by atoms with Gasteiger partial charge in [-0.2, -0.15) is 0 Å². The molecule has 4 heteroatoms. The highest BCUT2D eigenvalue weighted by Gasteiger charge is 2.30. The second kappa shape index (κ2) is 5.40. The van der Waals surface area contributed by atoms with Gasteiger partial charge in [-0.15, -0.1) is 0 Å². The van der Waals surface area contributed by atoms with Crippen LogP contribution in [-0.4, -0.2) is 23.7 Å².